The van der Waals surface area contributed by atoms with Gasteiger partial charge in [0.15, 0.2) is 0 Å². The number of ether oxygens (including phenoxy) is 1. The molecule has 1 saturated heterocycles. The number of hydrogen-bond acceptors (Lipinski definition) is 4. The zero-order valence-corrected chi connectivity index (χ0v) is 12.9. The van der Waals surface area contributed by atoms with Crippen molar-refractivity contribution >= 4 is 5.69 Å². The second-order valence-corrected chi connectivity index (χ2v) is 5.74. The maximum absolute atomic E-state index is 5.57. The smallest absolute Gasteiger partial charge is 0.0724 e. The molecule has 0 amide bonds. The van der Waals surface area contributed by atoms with Gasteiger partial charge in [-0.15, -0.1) is 0 Å². The lowest BCUT2D eigenvalue weighted by Gasteiger charge is -2.36. The predicted molar refractivity (Wildman–Crippen MR) is 82.9 cm³/mol. The second-order valence-electron chi connectivity index (χ2n) is 5.74. The Balaban J connectivity index is 1.92. The van der Waals surface area contributed by atoms with Crippen molar-refractivity contribution in [2.24, 2.45) is 5.92 Å². The highest BCUT2D eigenvalue weighted by Gasteiger charge is 2.26. The fraction of sp³-hybridized carbons (Fsp3) is 0.688. The van der Waals surface area contributed by atoms with E-state index in [0.717, 1.165) is 38.3 Å². The second kappa shape index (κ2) is 7.60. The summed E-state index contributed by atoms with van der Waals surface area (Å²) in [6.45, 7) is 8.51. The largest absolute Gasteiger partial charge is 0.385 e. The molecule has 4 nitrogen and oxygen atoms in total. The van der Waals surface area contributed by atoms with Gasteiger partial charge in [0.1, 0.15) is 0 Å². The van der Waals surface area contributed by atoms with Crippen LogP contribution >= 0.6 is 0 Å². The van der Waals surface area contributed by atoms with Gasteiger partial charge in [-0.1, -0.05) is 13.8 Å². The van der Waals surface area contributed by atoms with Crippen molar-refractivity contribution < 1.29 is 4.74 Å². The van der Waals surface area contributed by atoms with E-state index in [1.807, 2.05) is 19.4 Å². The van der Waals surface area contributed by atoms with Gasteiger partial charge in [-0.3, -0.25) is 9.88 Å². The first-order valence-electron chi connectivity index (χ1n) is 7.67. The first-order chi connectivity index (χ1) is 9.72. The van der Waals surface area contributed by atoms with E-state index in [1.165, 1.54) is 12.1 Å². The number of anilines is 1. The molecule has 0 saturated carbocycles. The Kier molecular flexibility index (Phi) is 5.80. The van der Waals surface area contributed by atoms with Crippen LogP contribution in [0.5, 0.6) is 0 Å². The lowest BCUT2D eigenvalue weighted by Crippen LogP contribution is -2.43. The lowest BCUT2D eigenvalue weighted by atomic mass is 9.96. The molecule has 0 spiro atoms. The zero-order valence-electron chi connectivity index (χ0n) is 12.9. The van der Waals surface area contributed by atoms with E-state index < -0.39 is 0 Å². The van der Waals surface area contributed by atoms with E-state index in [-0.39, 0.29) is 0 Å². The number of nitrogens with one attached hydrogen (secondary N) is 1. The van der Waals surface area contributed by atoms with Crippen molar-refractivity contribution in [3.05, 3.63) is 24.0 Å². The normalized spacial score (nSPS) is 23.8. The van der Waals surface area contributed by atoms with Gasteiger partial charge in [-0.2, -0.15) is 0 Å². The molecule has 2 atom stereocenters. The molecule has 2 rings (SSSR count). The van der Waals surface area contributed by atoms with Crippen LogP contribution in [0.4, 0.5) is 5.69 Å². The third-order valence-electron chi connectivity index (χ3n) is 4.06. The van der Waals surface area contributed by atoms with Gasteiger partial charge in [0.25, 0.3) is 0 Å². The summed E-state index contributed by atoms with van der Waals surface area (Å²) in [5.74, 6) is 0.654. The van der Waals surface area contributed by atoms with Crippen molar-refractivity contribution in [2.75, 3.05) is 32.1 Å². The number of rotatable bonds is 6. The molecule has 1 aromatic rings. The van der Waals surface area contributed by atoms with Crippen LogP contribution in [0.2, 0.25) is 0 Å². The van der Waals surface area contributed by atoms with Gasteiger partial charge in [-0.25, -0.2) is 0 Å². The summed E-state index contributed by atoms with van der Waals surface area (Å²) in [6, 6.07) is 4.20. The minimum absolute atomic E-state index is 0.352. The van der Waals surface area contributed by atoms with Crippen LogP contribution in [0.1, 0.15) is 32.4 Å². The molecule has 0 bridgehead atoms. The number of piperidine rings is 1. The molecular weight excluding hydrogens is 250 g/mol. The van der Waals surface area contributed by atoms with Crippen LogP contribution in [-0.4, -0.2) is 42.7 Å². The summed E-state index contributed by atoms with van der Waals surface area (Å²) in [7, 11) is 1.82. The highest BCUT2D eigenvalue weighted by molar-refractivity contribution is 5.43. The summed E-state index contributed by atoms with van der Waals surface area (Å²) in [4.78, 5) is 6.93. The van der Waals surface area contributed by atoms with E-state index in [1.54, 1.807) is 0 Å². The number of nitrogens with zero attached hydrogens (tertiary/aromatic N) is 2. The van der Waals surface area contributed by atoms with Gasteiger partial charge in [-0.05, 0) is 37.4 Å². The predicted octanol–water partition coefficient (Wildman–Crippen LogP) is 2.76. The van der Waals surface area contributed by atoms with Gasteiger partial charge < -0.3 is 10.1 Å². The standard InChI is InChI=1S/C16H27N3O/c1-4-7-17-14-5-8-18-15(10-14)11-19-9-6-13(2)16(12-19)20-3/h5,8,10,13,16H,4,6-7,9,11-12H2,1-3H3,(H,17,18). The van der Waals surface area contributed by atoms with E-state index in [0.29, 0.717) is 12.0 Å². The van der Waals surface area contributed by atoms with E-state index in [4.69, 9.17) is 4.74 Å². The van der Waals surface area contributed by atoms with Crippen LogP contribution in [0.15, 0.2) is 18.3 Å². The third-order valence-corrected chi connectivity index (χ3v) is 4.06. The van der Waals surface area contributed by atoms with E-state index >= 15 is 0 Å². The molecule has 1 aromatic heterocycles. The Morgan fingerprint density at radius 3 is 3.10 bits per heavy atom. The zero-order chi connectivity index (χ0) is 14.4. The van der Waals surface area contributed by atoms with E-state index in [2.05, 4.69) is 35.1 Å². The topological polar surface area (TPSA) is 37.4 Å². The number of hydrogen-bond donors (Lipinski definition) is 1. The van der Waals surface area contributed by atoms with Crippen LogP contribution in [-0.2, 0) is 11.3 Å². The first-order valence-corrected chi connectivity index (χ1v) is 7.67. The Morgan fingerprint density at radius 1 is 1.50 bits per heavy atom. The highest BCUT2D eigenvalue weighted by Crippen LogP contribution is 2.21. The van der Waals surface area contributed by atoms with Crippen LogP contribution in [0.25, 0.3) is 0 Å². The number of methoxy groups -OCH3 is 1. The first kappa shape index (κ1) is 15.3. The molecule has 0 radical (unpaired) electrons. The molecule has 2 unspecified atom stereocenters. The SMILES string of the molecule is CCCNc1ccnc(CN2CCC(C)C(OC)C2)c1. The Bertz CT molecular complexity index is 410. The summed E-state index contributed by atoms with van der Waals surface area (Å²) < 4.78 is 5.57. The molecule has 0 aromatic carbocycles. The van der Waals surface area contributed by atoms with Gasteiger partial charge in [0.2, 0.25) is 0 Å². The molecule has 2 heterocycles. The Hall–Kier alpha value is -1.13. The van der Waals surface area contributed by atoms with Gasteiger partial charge in [0.05, 0.1) is 11.8 Å². The summed E-state index contributed by atoms with van der Waals surface area (Å²) >= 11 is 0. The van der Waals surface area contributed by atoms with Gasteiger partial charge in [0, 0.05) is 38.6 Å². The fourth-order valence-corrected chi connectivity index (χ4v) is 2.72. The molecule has 1 aliphatic heterocycles. The minimum atomic E-state index is 0.352. The molecule has 1 N–H and O–H groups in total. The van der Waals surface area contributed by atoms with Gasteiger partial charge >= 0.3 is 0 Å². The van der Waals surface area contributed by atoms with Crippen LogP contribution in [0.3, 0.4) is 0 Å². The summed E-state index contributed by atoms with van der Waals surface area (Å²) in [5.41, 5.74) is 2.31. The average molecular weight is 277 g/mol. The minimum Gasteiger partial charge on any atom is -0.385 e. The van der Waals surface area contributed by atoms with Crippen molar-refractivity contribution in [3.8, 4) is 0 Å². The van der Waals surface area contributed by atoms with E-state index in [9.17, 15) is 0 Å². The summed E-state index contributed by atoms with van der Waals surface area (Å²) in [6.07, 6.45) is 4.59. The molecule has 20 heavy (non-hydrogen) atoms. The third kappa shape index (κ3) is 4.18. The van der Waals surface area contributed by atoms with Crippen LogP contribution in [0, 0.1) is 5.92 Å². The Labute approximate surface area is 122 Å². The summed E-state index contributed by atoms with van der Waals surface area (Å²) in [5, 5.41) is 3.42. The molecular formula is C16H27N3O. The van der Waals surface area contributed by atoms with Crippen LogP contribution < -0.4 is 5.32 Å². The molecule has 1 fully saturated rings. The number of aromatic nitrogens is 1. The Morgan fingerprint density at radius 2 is 2.35 bits per heavy atom. The maximum atomic E-state index is 5.57. The molecule has 0 aliphatic carbocycles. The quantitative estimate of drug-likeness (QED) is 0.867. The molecule has 4 heteroatoms. The van der Waals surface area contributed by atoms with Crippen molar-refractivity contribution in [3.63, 3.8) is 0 Å². The fourth-order valence-electron chi connectivity index (χ4n) is 2.72. The monoisotopic (exact) mass is 277 g/mol. The maximum Gasteiger partial charge on any atom is 0.0724 e. The van der Waals surface area contributed by atoms with Crippen molar-refractivity contribution in [1.82, 2.24) is 9.88 Å². The molecule has 1 aliphatic rings. The lowest BCUT2D eigenvalue weighted by molar-refractivity contribution is -0.00778. The van der Waals surface area contributed by atoms with Crippen molar-refractivity contribution in [2.45, 2.75) is 39.3 Å². The number of pyridine rings is 1. The average Bonchev–Trinajstić information content (AvgIpc) is 2.47. The van der Waals surface area contributed by atoms with Crippen molar-refractivity contribution in [1.29, 1.82) is 0 Å². The number of likely N-dealkylation sites (tertiary alicyclic amines) is 1. The highest BCUT2D eigenvalue weighted by atomic mass is 16.5. The molecule has 112 valence electrons.